The minimum atomic E-state index is -4.43. The van der Waals surface area contributed by atoms with Gasteiger partial charge in [0.15, 0.2) is 5.96 Å². The van der Waals surface area contributed by atoms with Crippen molar-refractivity contribution in [2.24, 2.45) is 4.99 Å². The van der Waals surface area contributed by atoms with Gasteiger partial charge in [0.1, 0.15) is 18.5 Å². The van der Waals surface area contributed by atoms with Crippen molar-refractivity contribution < 1.29 is 27.8 Å². The van der Waals surface area contributed by atoms with Gasteiger partial charge in [0.25, 0.3) is 0 Å². The van der Waals surface area contributed by atoms with E-state index in [1.807, 2.05) is 6.92 Å². The lowest BCUT2D eigenvalue weighted by Gasteiger charge is -2.14. The molecule has 0 aliphatic rings. The molecule has 9 heteroatoms. The summed E-state index contributed by atoms with van der Waals surface area (Å²) in [6.45, 7) is 3.49. The summed E-state index contributed by atoms with van der Waals surface area (Å²) in [5, 5.41) is 15.9. The van der Waals surface area contributed by atoms with Gasteiger partial charge in [-0.3, -0.25) is 4.99 Å². The van der Waals surface area contributed by atoms with E-state index in [0.717, 1.165) is 12.1 Å². The molecule has 0 radical (unpaired) electrons. The number of methoxy groups -OCH3 is 1. The molecule has 0 aliphatic carbocycles. The van der Waals surface area contributed by atoms with E-state index in [1.165, 1.54) is 12.1 Å². The first-order chi connectivity index (χ1) is 11.9. The van der Waals surface area contributed by atoms with Crippen molar-refractivity contribution in [3.63, 3.8) is 0 Å². The summed E-state index contributed by atoms with van der Waals surface area (Å²) in [5.74, 6) is 0.556. The molecule has 0 spiro atoms. The minimum Gasteiger partial charge on any atom is -0.491 e. The Labute approximate surface area is 145 Å². The molecule has 0 saturated heterocycles. The smallest absolute Gasteiger partial charge is 0.416 e. The van der Waals surface area contributed by atoms with Gasteiger partial charge in [-0.2, -0.15) is 13.2 Å². The molecular weight excluding hydrogens is 339 g/mol. The number of nitrogens with one attached hydrogen (secondary N) is 2. The number of aliphatic hydroxyl groups is 1. The molecule has 1 unspecified atom stereocenters. The summed E-state index contributed by atoms with van der Waals surface area (Å²) in [7, 11) is 1.58. The molecule has 142 valence electrons. The van der Waals surface area contributed by atoms with Crippen molar-refractivity contribution >= 4 is 5.96 Å². The van der Waals surface area contributed by atoms with Crippen LogP contribution in [0.4, 0.5) is 13.2 Å². The van der Waals surface area contributed by atoms with E-state index >= 15 is 0 Å². The number of rotatable bonds is 9. The van der Waals surface area contributed by atoms with Gasteiger partial charge in [0, 0.05) is 20.2 Å². The average molecular weight is 363 g/mol. The maximum absolute atomic E-state index is 12.6. The molecular formula is C16H24F3N3O3. The van der Waals surface area contributed by atoms with Crippen LogP contribution in [-0.4, -0.2) is 57.1 Å². The molecule has 6 nitrogen and oxygen atoms in total. The molecule has 0 fully saturated rings. The van der Waals surface area contributed by atoms with Crippen LogP contribution in [0, 0.1) is 0 Å². The van der Waals surface area contributed by atoms with Crippen LogP contribution in [0.25, 0.3) is 0 Å². The van der Waals surface area contributed by atoms with E-state index < -0.39 is 17.8 Å². The Kier molecular flexibility index (Phi) is 9.07. The Bertz CT molecular complexity index is 539. The van der Waals surface area contributed by atoms with E-state index in [9.17, 15) is 18.3 Å². The Balaban J connectivity index is 2.50. The monoisotopic (exact) mass is 363 g/mol. The molecule has 1 atom stereocenters. The topological polar surface area (TPSA) is 75.1 Å². The van der Waals surface area contributed by atoms with Crippen LogP contribution in [0.2, 0.25) is 0 Å². The minimum absolute atomic E-state index is 0.0429. The van der Waals surface area contributed by atoms with Crippen LogP contribution >= 0.6 is 0 Å². The fourth-order valence-corrected chi connectivity index (χ4v) is 1.82. The standard InChI is InChI=1S/C16H24F3N3O3/c1-3-20-15(21-7-8-24-2)22-10-13(23)11-25-14-6-4-5-12(9-14)16(17,18)19/h4-6,9,13,23H,3,7-8,10-11H2,1-2H3,(H2,20,21,22). The van der Waals surface area contributed by atoms with Crippen molar-refractivity contribution in [1.82, 2.24) is 10.6 Å². The zero-order valence-electron chi connectivity index (χ0n) is 14.3. The molecule has 0 heterocycles. The second-order valence-corrected chi connectivity index (χ2v) is 5.13. The fourth-order valence-electron chi connectivity index (χ4n) is 1.82. The summed E-state index contributed by atoms with van der Waals surface area (Å²) < 4.78 is 48.0. The number of guanidine groups is 1. The van der Waals surface area contributed by atoms with E-state index in [1.54, 1.807) is 7.11 Å². The van der Waals surface area contributed by atoms with Gasteiger partial charge in [-0.05, 0) is 25.1 Å². The quantitative estimate of drug-likeness (QED) is 0.353. The van der Waals surface area contributed by atoms with Crippen molar-refractivity contribution in [2.45, 2.75) is 19.2 Å². The van der Waals surface area contributed by atoms with Gasteiger partial charge in [0.05, 0.1) is 18.7 Å². The number of ether oxygens (including phenoxy) is 2. The number of aliphatic imine (C=N–C) groups is 1. The van der Waals surface area contributed by atoms with Crippen LogP contribution in [0.1, 0.15) is 12.5 Å². The van der Waals surface area contributed by atoms with Crippen LogP contribution in [0.15, 0.2) is 29.3 Å². The molecule has 1 aromatic rings. The van der Waals surface area contributed by atoms with Crippen molar-refractivity contribution in [3.8, 4) is 5.75 Å². The highest BCUT2D eigenvalue weighted by molar-refractivity contribution is 5.79. The van der Waals surface area contributed by atoms with Gasteiger partial charge < -0.3 is 25.2 Å². The number of hydrogen-bond donors (Lipinski definition) is 3. The van der Waals surface area contributed by atoms with E-state index in [4.69, 9.17) is 9.47 Å². The molecule has 0 aromatic heterocycles. The number of aliphatic hydroxyl groups excluding tert-OH is 1. The fraction of sp³-hybridized carbons (Fsp3) is 0.562. The van der Waals surface area contributed by atoms with Gasteiger partial charge in [0.2, 0.25) is 0 Å². The van der Waals surface area contributed by atoms with Gasteiger partial charge >= 0.3 is 6.18 Å². The van der Waals surface area contributed by atoms with Crippen molar-refractivity contribution in [2.75, 3.05) is 40.0 Å². The molecule has 0 aliphatic heterocycles. The molecule has 25 heavy (non-hydrogen) atoms. The van der Waals surface area contributed by atoms with Crippen LogP contribution < -0.4 is 15.4 Å². The third-order valence-corrected chi connectivity index (χ3v) is 3.01. The Morgan fingerprint density at radius 1 is 1.32 bits per heavy atom. The number of nitrogens with zero attached hydrogens (tertiary/aromatic N) is 1. The van der Waals surface area contributed by atoms with Gasteiger partial charge in [-0.15, -0.1) is 0 Å². The maximum atomic E-state index is 12.6. The zero-order valence-corrected chi connectivity index (χ0v) is 14.3. The highest BCUT2D eigenvalue weighted by atomic mass is 19.4. The van der Waals surface area contributed by atoms with Crippen molar-refractivity contribution in [3.05, 3.63) is 29.8 Å². The zero-order chi connectivity index (χ0) is 18.7. The second-order valence-electron chi connectivity index (χ2n) is 5.13. The predicted molar refractivity (Wildman–Crippen MR) is 88.8 cm³/mol. The molecule has 0 amide bonds. The third-order valence-electron chi connectivity index (χ3n) is 3.01. The summed E-state index contributed by atoms with van der Waals surface area (Å²) in [5.41, 5.74) is -0.797. The number of halogens is 3. The Morgan fingerprint density at radius 2 is 2.08 bits per heavy atom. The summed E-state index contributed by atoms with van der Waals surface area (Å²) in [6, 6.07) is 4.52. The number of hydrogen-bond acceptors (Lipinski definition) is 4. The average Bonchev–Trinajstić information content (AvgIpc) is 2.57. The highest BCUT2D eigenvalue weighted by Gasteiger charge is 2.30. The lowest BCUT2D eigenvalue weighted by Crippen LogP contribution is -2.39. The maximum Gasteiger partial charge on any atom is 0.416 e. The Hall–Kier alpha value is -2.00. The molecule has 1 aromatic carbocycles. The number of alkyl halides is 3. The largest absolute Gasteiger partial charge is 0.491 e. The third kappa shape index (κ3) is 8.59. The van der Waals surface area contributed by atoms with Crippen LogP contribution in [0.5, 0.6) is 5.75 Å². The molecule has 0 bridgehead atoms. The lowest BCUT2D eigenvalue weighted by molar-refractivity contribution is -0.137. The summed E-state index contributed by atoms with van der Waals surface area (Å²) in [6.07, 6.45) is -5.39. The molecule has 3 N–H and O–H groups in total. The first-order valence-electron chi connectivity index (χ1n) is 7.86. The highest BCUT2D eigenvalue weighted by Crippen LogP contribution is 2.31. The van der Waals surface area contributed by atoms with Crippen molar-refractivity contribution in [1.29, 1.82) is 0 Å². The van der Waals surface area contributed by atoms with E-state index in [-0.39, 0.29) is 18.9 Å². The normalized spacial score (nSPS) is 13.4. The molecule has 0 saturated carbocycles. The van der Waals surface area contributed by atoms with E-state index in [2.05, 4.69) is 15.6 Å². The second kappa shape index (κ2) is 10.8. The predicted octanol–water partition coefficient (Wildman–Crippen LogP) is 1.65. The van der Waals surface area contributed by atoms with Crippen LogP contribution in [-0.2, 0) is 10.9 Å². The first-order valence-corrected chi connectivity index (χ1v) is 7.86. The lowest BCUT2D eigenvalue weighted by atomic mass is 10.2. The SMILES string of the molecule is CCNC(=NCC(O)COc1cccc(C(F)(F)F)c1)NCCOC. The van der Waals surface area contributed by atoms with Crippen LogP contribution in [0.3, 0.4) is 0 Å². The first kappa shape index (κ1) is 21.0. The Morgan fingerprint density at radius 3 is 2.72 bits per heavy atom. The summed E-state index contributed by atoms with van der Waals surface area (Å²) >= 11 is 0. The number of benzene rings is 1. The molecule has 1 rings (SSSR count). The van der Waals surface area contributed by atoms with E-state index in [0.29, 0.717) is 25.7 Å². The van der Waals surface area contributed by atoms with Gasteiger partial charge in [-0.1, -0.05) is 6.07 Å². The summed E-state index contributed by atoms with van der Waals surface area (Å²) in [4.78, 5) is 4.18. The van der Waals surface area contributed by atoms with Gasteiger partial charge in [-0.25, -0.2) is 0 Å².